The van der Waals surface area contributed by atoms with Crippen LogP contribution < -0.4 is 5.73 Å². The van der Waals surface area contributed by atoms with E-state index in [1.807, 2.05) is 12.1 Å². The van der Waals surface area contributed by atoms with E-state index in [4.69, 9.17) is 33.7 Å². The second-order valence-electron chi connectivity index (χ2n) is 5.54. The number of primary amides is 1. The zero-order chi connectivity index (χ0) is 14.8. The Morgan fingerprint density at radius 1 is 1.40 bits per heavy atom. The molecule has 2 rings (SSSR count). The summed E-state index contributed by atoms with van der Waals surface area (Å²) in [6.07, 6.45) is 3.62. The fourth-order valence-corrected chi connectivity index (χ4v) is 3.44. The predicted octanol–water partition coefficient (Wildman–Crippen LogP) is 4.54. The molecule has 2 N–H and O–H groups in total. The van der Waals surface area contributed by atoms with Crippen molar-refractivity contribution in [2.45, 2.75) is 38.0 Å². The molecule has 0 spiro atoms. The molecule has 3 nitrogen and oxygen atoms in total. The summed E-state index contributed by atoms with van der Waals surface area (Å²) >= 11 is 12.1. The van der Waals surface area contributed by atoms with Crippen LogP contribution in [0.2, 0.25) is 10.0 Å². The Balaban J connectivity index is 2.38. The average molecular weight is 316 g/mol. The predicted molar refractivity (Wildman–Crippen MR) is 81.3 cm³/mol. The quantitative estimate of drug-likeness (QED) is 0.890. The van der Waals surface area contributed by atoms with Crippen LogP contribution >= 0.6 is 23.2 Å². The molecule has 1 amide bonds. The number of nitrogens with two attached hydrogens (primary N) is 1. The monoisotopic (exact) mass is 315 g/mol. The van der Waals surface area contributed by atoms with Gasteiger partial charge >= 0.3 is 6.09 Å². The fraction of sp³-hybridized carbons (Fsp3) is 0.533. The molecule has 5 heteroatoms. The minimum absolute atomic E-state index is 0.221. The minimum Gasteiger partial charge on any atom is -0.449 e. The maximum Gasteiger partial charge on any atom is 0.404 e. The highest BCUT2D eigenvalue weighted by molar-refractivity contribution is 6.42. The van der Waals surface area contributed by atoms with Crippen molar-refractivity contribution in [1.82, 2.24) is 0 Å². The molecule has 110 valence electrons. The lowest BCUT2D eigenvalue weighted by Crippen LogP contribution is -2.42. The van der Waals surface area contributed by atoms with Crippen LogP contribution in [0.1, 0.15) is 38.2 Å². The molecule has 0 radical (unpaired) electrons. The van der Waals surface area contributed by atoms with Crippen LogP contribution in [0.4, 0.5) is 4.79 Å². The molecule has 1 aliphatic rings. The Hall–Kier alpha value is -0.930. The molecular formula is C15H19Cl2NO2. The molecule has 1 aromatic carbocycles. The standard InChI is InChI=1S/C15H19Cl2NO2/c1-10-4-2-3-7-15(10,9-20-14(18)19)11-5-6-12(16)13(17)8-11/h5-6,8,10H,2-4,7,9H2,1H3,(H2,18,19). The van der Waals surface area contributed by atoms with Crippen molar-refractivity contribution in [2.75, 3.05) is 6.61 Å². The second kappa shape index (κ2) is 6.23. The van der Waals surface area contributed by atoms with Crippen LogP contribution in [0.15, 0.2) is 18.2 Å². The molecule has 0 bridgehead atoms. The van der Waals surface area contributed by atoms with Crippen molar-refractivity contribution in [3.8, 4) is 0 Å². The summed E-state index contributed by atoms with van der Waals surface area (Å²) in [5.74, 6) is 0.396. The van der Waals surface area contributed by atoms with Gasteiger partial charge in [0.15, 0.2) is 0 Å². The molecule has 0 aliphatic heterocycles. The van der Waals surface area contributed by atoms with Crippen molar-refractivity contribution in [3.05, 3.63) is 33.8 Å². The SMILES string of the molecule is CC1CCCCC1(COC(N)=O)c1ccc(Cl)c(Cl)c1. The van der Waals surface area contributed by atoms with Gasteiger partial charge in [0, 0.05) is 5.41 Å². The van der Waals surface area contributed by atoms with Crippen molar-refractivity contribution >= 4 is 29.3 Å². The summed E-state index contributed by atoms with van der Waals surface area (Å²) in [5.41, 5.74) is 5.99. The van der Waals surface area contributed by atoms with E-state index in [0.29, 0.717) is 22.6 Å². The maximum atomic E-state index is 11.0. The first-order valence-electron chi connectivity index (χ1n) is 6.83. The molecule has 2 atom stereocenters. The van der Waals surface area contributed by atoms with Gasteiger partial charge < -0.3 is 10.5 Å². The smallest absolute Gasteiger partial charge is 0.404 e. The molecule has 1 fully saturated rings. The number of hydrogen-bond acceptors (Lipinski definition) is 2. The van der Waals surface area contributed by atoms with Crippen LogP contribution in [0.5, 0.6) is 0 Å². The summed E-state index contributed by atoms with van der Waals surface area (Å²) in [5, 5.41) is 1.06. The topological polar surface area (TPSA) is 52.3 Å². The Morgan fingerprint density at radius 3 is 2.75 bits per heavy atom. The molecule has 1 aliphatic carbocycles. The van der Waals surface area contributed by atoms with Gasteiger partial charge in [-0.25, -0.2) is 4.79 Å². The lowest BCUT2D eigenvalue weighted by Gasteiger charge is -2.42. The van der Waals surface area contributed by atoms with Crippen LogP contribution in [0.3, 0.4) is 0 Å². The summed E-state index contributed by atoms with van der Waals surface area (Å²) in [6, 6.07) is 5.66. The first kappa shape index (κ1) is 15.5. The van der Waals surface area contributed by atoms with Crippen LogP contribution in [0.25, 0.3) is 0 Å². The van der Waals surface area contributed by atoms with Crippen LogP contribution in [0, 0.1) is 5.92 Å². The van der Waals surface area contributed by atoms with Crippen molar-refractivity contribution in [3.63, 3.8) is 0 Å². The average Bonchev–Trinajstić information content (AvgIpc) is 2.41. The highest BCUT2D eigenvalue weighted by Gasteiger charge is 2.41. The number of carbonyl (C=O) groups is 1. The first-order chi connectivity index (χ1) is 9.45. The summed E-state index contributed by atoms with van der Waals surface area (Å²) in [6.45, 7) is 2.48. The molecule has 1 aromatic rings. The molecule has 20 heavy (non-hydrogen) atoms. The number of rotatable bonds is 3. The number of hydrogen-bond donors (Lipinski definition) is 1. The van der Waals surface area contributed by atoms with E-state index in [9.17, 15) is 4.79 Å². The third kappa shape index (κ3) is 3.04. The summed E-state index contributed by atoms with van der Waals surface area (Å²) in [4.78, 5) is 11.0. The molecule has 0 aromatic heterocycles. The lowest BCUT2D eigenvalue weighted by atomic mass is 9.63. The molecule has 0 saturated heterocycles. The number of amides is 1. The lowest BCUT2D eigenvalue weighted by molar-refractivity contribution is 0.0772. The van der Waals surface area contributed by atoms with Gasteiger partial charge in [0.2, 0.25) is 0 Å². The van der Waals surface area contributed by atoms with Crippen molar-refractivity contribution < 1.29 is 9.53 Å². The Labute approximate surface area is 129 Å². The van der Waals surface area contributed by atoms with Gasteiger partial charge in [0.25, 0.3) is 0 Å². The normalized spacial score (nSPS) is 26.2. The van der Waals surface area contributed by atoms with E-state index < -0.39 is 6.09 Å². The molecule has 1 saturated carbocycles. The Bertz CT molecular complexity index is 507. The van der Waals surface area contributed by atoms with E-state index in [0.717, 1.165) is 24.8 Å². The van der Waals surface area contributed by atoms with E-state index in [-0.39, 0.29) is 5.41 Å². The number of carbonyl (C=O) groups excluding carboxylic acids is 1. The second-order valence-corrected chi connectivity index (χ2v) is 6.35. The summed E-state index contributed by atoms with van der Waals surface area (Å²) in [7, 11) is 0. The summed E-state index contributed by atoms with van der Waals surface area (Å²) < 4.78 is 5.14. The van der Waals surface area contributed by atoms with Crippen LogP contribution in [-0.2, 0) is 10.2 Å². The van der Waals surface area contributed by atoms with E-state index in [2.05, 4.69) is 6.92 Å². The number of halogens is 2. The highest BCUT2D eigenvalue weighted by atomic mass is 35.5. The van der Waals surface area contributed by atoms with Gasteiger partial charge in [-0.05, 0) is 36.5 Å². The van der Waals surface area contributed by atoms with Gasteiger partial charge in [0.1, 0.15) is 6.61 Å². The van der Waals surface area contributed by atoms with Gasteiger partial charge in [0.05, 0.1) is 10.0 Å². The van der Waals surface area contributed by atoms with Crippen molar-refractivity contribution in [1.29, 1.82) is 0 Å². The maximum absolute atomic E-state index is 11.0. The van der Waals surface area contributed by atoms with E-state index in [1.54, 1.807) is 6.07 Å². The molecule has 2 unspecified atom stereocenters. The highest BCUT2D eigenvalue weighted by Crippen LogP contribution is 2.45. The van der Waals surface area contributed by atoms with E-state index >= 15 is 0 Å². The van der Waals surface area contributed by atoms with Crippen molar-refractivity contribution in [2.24, 2.45) is 11.7 Å². The zero-order valence-corrected chi connectivity index (χ0v) is 13.0. The largest absolute Gasteiger partial charge is 0.449 e. The van der Waals surface area contributed by atoms with Gasteiger partial charge in [-0.15, -0.1) is 0 Å². The Morgan fingerprint density at radius 2 is 2.15 bits per heavy atom. The molecular weight excluding hydrogens is 297 g/mol. The zero-order valence-electron chi connectivity index (χ0n) is 11.5. The van der Waals surface area contributed by atoms with E-state index in [1.165, 1.54) is 6.42 Å². The fourth-order valence-electron chi connectivity index (χ4n) is 3.15. The number of benzene rings is 1. The number of ether oxygens (including phenoxy) is 1. The van der Waals surface area contributed by atoms with Gasteiger partial charge in [-0.2, -0.15) is 0 Å². The van der Waals surface area contributed by atoms with Gasteiger partial charge in [-0.1, -0.05) is 49.0 Å². The third-order valence-electron chi connectivity index (χ3n) is 4.42. The first-order valence-corrected chi connectivity index (χ1v) is 7.59. The van der Waals surface area contributed by atoms with Crippen LogP contribution in [-0.4, -0.2) is 12.7 Å². The third-order valence-corrected chi connectivity index (χ3v) is 5.16. The minimum atomic E-state index is -0.734. The van der Waals surface area contributed by atoms with Gasteiger partial charge in [-0.3, -0.25) is 0 Å². The Kier molecular flexibility index (Phi) is 4.82. The molecule has 0 heterocycles.